The Morgan fingerprint density at radius 3 is 2.52 bits per heavy atom. The maximum atomic E-state index is 12.3. The normalized spacial score (nSPS) is 22.2. The first-order valence-corrected chi connectivity index (χ1v) is 7.64. The Morgan fingerprint density at radius 2 is 1.87 bits per heavy atom. The van der Waals surface area contributed by atoms with Crippen LogP contribution < -0.4 is 0 Å². The lowest BCUT2D eigenvalue weighted by Gasteiger charge is -2.21. The number of carbonyl (C=O) groups excluding carboxylic acids is 1. The van der Waals surface area contributed by atoms with Crippen LogP contribution in [0, 0.1) is 5.92 Å². The average molecular weight is 312 g/mol. The fourth-order valence-corrected chi connectivity index (χ4v) is 3.00. The van der Waals surface area contributed by atoms with E-state index >= 15 is 0 Å². The fraction of sp³-hybridized carbons (Fsp3) is 0.316. The molecule has 0 aliphatic carbocycles. The van der Waals surface area contributed by atoms with Gasteiger partial charge in [-0.15, -0.1) is 6.58 Å². The smallest absolute Gasteiger partial charge is 0.336 e. The molecule has 2 aromatic rings. The predicted octanol–water partition coefficient (Wildman–Crippen LogP) is 3.23. The number of hydrogen-bond donors (Lipinski definition) is 0. The molecule has 0 saturated heterocycles. The Hall–Kier alpha value is -2.17. The van der Waals surface area contributed by atoms with Crippen LogP contribution in [-0.4, -0.2) is 25.8 Å². The SMILES string of the molecule is C=CC1COCc2cccc3cccc(c23)COC(=O)C1OC. The van der Waals surface area contributed by atoms with E-state index in [-0.39, 0.29) is 12.5 Å². The van der Waals surface area contributed by atoms with E-state index in [2.05, 4.69) is 6.58 Å². The van der Waals surface area contributed by atoms with Gasteiger partial charge in [0.25, 0.3) is 0 Å². The first-order chi connectivity index (χ1) is 11.2. The highest BCUT2D eigenvalue weighted by atomic mass is 16.6. The van der Waals surface area contributed by atoms with E-state index in [1.807, 2.05) is 36.4 Å². The zero-order valence-electron chi connectivity index (χ0n) is 13.2. The second-order valence-electron chi connectivity index (χ2n) is 5.61. The molecule has 2 atom stereocenters. The molecule has 0 amide bonds. The second-order valence-corrected chi connectivity index (χ2v) is 5.61. The molecule has 0 bridgehead atoms. The number of benzene rings is 2. The molecular weight excluding hydrogens is 292 g/mol. The topological polar surface area (TPSA) is 44.8 Å². The molecule has 120 valence electrons. The zero-order valence-corrected chi connectivity index (χ0v) is 13.2. The maximum absolute atomic E-state index is 12.3. The van der Waals surface area contributed by atoms with E-state index in [4.69, 9.17) is 14.2 Å². The molecule has 0 saturated carbocycles. The van der Waals surface area contributed by atoms with E-state index in [1.54, 1.807) is 6.08 Å². The van der Waals surface area contributed by atoms with Gasteiger partial charge in [0.1, 0.15) is 6.61 Å². The van der Waals surface area contributed by atoms with Gasteiger partial charge in [0.15, 0.2) is 6.10 Å². The van der Waals surface area contributed by atoms with Crippen LogP contribution in [0.3, 0.4) is 0 Å². The van der Waals surface area contributed by atoms with Crippen LogP contribution in [0.2, 0.25) is 0 Å². The van der Waals surface area contributed by atoms with Gasteiger partial charge in [-0.2, -0.15) is 0 Å². The molecule has 0 fully saturated rings. The molecule has 0 spiro atoms. The summed E-state index contributed by atoms with van der Waals surface area (Å²) in [7, 11) is 1.50. The molecular formula is C19H20O4. The molecule has 2 aromatic carbocycles. The summed E-state index contributed by atoms with van der Waals surface area (Å²) in [4.78, 5) is 12.3. The number of carbonyl (C=O) groups is 1. The van der Waals surface area contributed by atoms with Gasteiger partial charge in [0.05, 0.1) is 13.2 Å². The van der Waals surface area contributed by atoms with Crippen LogP contribution in [0.25, 0.3) is 10.8 Å². The minimum absolute atomic E-state index is 0.219. The van der Waals surface area contributed by atoms with Crippen LogP contribution >= 0.6 is 0 Å². The van der Waals surface area contributed by atoms with Crippen LogP contribution in [0.4, 0.5) is 0 Å². The Morgan fingerprint density at radius 1 is 1.17 bits per heavy atom. The van der Waals surface area contributed by atoms with Crippen molar-refractivity contribution >= 4 is 16.7 Å². The van der Waals surface area contributed by atoms with Crippen LogP contribution in [-0.2, 0) is 32.2 Å². The van der Waals surface area contributed by atoms with E-state index < -0.39 is 12.1 Å². The lowest BCUT2D eigenvalue weighted by Crippen LogP contribution is -2.34. The summed E-state index contributed by atoms with van der Waals surface area (Å²) in [6.07, 6.45) is 0.981. The third kappa shape index (κ3) is 3.14. The van der Waals surface area contributed by atoms with E-state index in [9.17, 15) is 4.79 Å². The minimum Gasteiger partial charge on any atom is -0.459 e. The van der Waals surface area contributed by atoms with Crippen molar-refractivity contribution in [1.29, 1.82) is 0 Å². The minimum atomic E-state index is -0.701. The summed E-state index contributed by atoms with van der Waals surface area (Å²) in [5.74, 6) is -0.634. The van der Waals surface area contributed by atoms with Crippen molar-refractivity contribution in [2.24, 2.45) is 5.92 Å². The predicted molar refractivity (Wildman–Crippen MR) is 87.9 cm³/mol. The molecule has 0 radical (unpaired) electrons. The Balaban J connectivity index is 2.02. The van der Waals surface area contributed by atoms with Crippen LogP contribution in [0.1, 0.15) is 11.1 Å². The highest BCUT2D eigenvalue weighted by Crippen LogP contribution is 2.26. The molecule has 3 rings (SSSR count). The Bertz CT molecular complexity index is 717. The number of esters is 1. The number of hydrogen-bond acceptors (Lipinski definition) is 4. The summed E-state index contributed by atoms with van der Waals surface area (Å²) in [6, 6.07) is 12.1. The first-order valence-electron chi connectivity index (χ1n) is 7.64. The Kier molecular flexibility index (Phi) is 4.74. The third-order valence-electron chi connectivity index (χ3n) is 4.19. The van der Waals surface area contributed by atoms with E-state index in [0.717, 1.165) is 21.9 Å². The molecule has 4 heteroatoms. The van der Waals surface area contributed by atoms with Crippen molar-refractivity contribution in [1.82, 2.24) is 0 Å². The van der Waals surface area contributed by atoms with Gasteiger partial charge in [-0.1, -0.05) is 42.5 Å². The molecule has 0 aromatic heterocycles. The molecule has 1 heterocycles. The van der Waals surface area contributed by atoms with Crippen LogP contribution in [0.5, 0.6) is 0 Å². The van der Waals surface area contributed by atoms with Crippen molar-refractivity contribution in [2.45, 2.75) is 19.3 Å². The highest BCUT2D eigenvalue weighted by Gasteiger charge is 2.28. The Labute approximate surface area is 135 Å². The second kappa shape index (κ2) is 6.94. The van der Waals surface area contributed by atoms with Crippen LogP contribution in [0.15, 0.2) is 49.1 Å². The van der Waals surface area contributed by atoms with E-state index in [1.165, 1.54) is 7.11 Å². The average Bonchev–Trinajstić information content (AvgIpc) is 2.60. The number of cyclic esters (lactones) is 1. The van der Waals surface area contributed by atoms with Gasteiger partial charge in [-0.05, 0) is 21.9 Å². The number of rotatable bonds is 2. The quantitative estimate of drug-likeness (QED) is 0.631. The van der Waals surface area contributed by atoms with Gasteiger partial charge in [0, 0.05) is 13.0 Å². The number of ether oxygens (including phenoxy) is 3. The van der Waals surface area contributed by atoms with Crippen molar-refractivity contribution in [3.05, 3.63) is 60.2 Å². The molecule has 4 nitrogen and oxygen atoms in total. The summed E-state index contributed by atoms with van der Waals surface area (Å²) >= 11 is 0. The summed E-state index contributed by atoms with van der Waals surface area (Å²) in [5.41, 5.74) is 2.06. The third-order valence-corrected chi connectivity index (χ3v) is 4.19. The van der Waals surface area contributed by atoms with Crippen molar-refractivity contribution in [3.8, 4) is 0 Å². The van der Waals surface area contributed by atoms with Gasteiger partial charge in [-0.25, -0.2) is 4.79 Å². The fourth-order valence-electron chi connectivity index (χ4n) is 3.00. The lowest BCUT2D eigenvalue weighted by atomic mass is 10.00. The molecule has 2 unspecified atom stereocenters. The summed E-state index contributed by atoms with van der Waals surface area (Å²) < 4.78 is 16.6. The van der Waals surface area contributed by atoms with Gasteiger partial charge >= 0.3 is 5.97 Å². The molecule has 1 aliphatic heterocycles. The van der Waals surface area contributed by atoms with Crippen molar-refractivity contribution < 1.29 is 19.0 Å². The highest BCUT2D eigenvalue weighted by molar-refractivity contribution is 5.89. The van der Waals surface area contributed by atoms with Gasteiger partial charge < -0.3 is 14.2 Å². The summed E-state index contributed by atoms with van der Waals surface area (Å²) in [5, 5.41) is 2.20. The lowest BCUT2D eigenvalue weighted by molar-refractivity contribution is -0.160. The van der Waals surface area contributed by atoms with E-state index in [0.29, 0.717) is 13.2 Å². The monoisotopic (exact) mass is 312 g/mol. The van der Waals surface area contributed by atoms with Crippen molar-refractivity contribution in [3.63, 3.8) is 0 Å². The van der Waals surface area contributed by atoms with Gasteiger partial charge in [0.2, 0.25) is 0 Å². The molecule has 1 aliphatic rings. The largest absolute Gasteiger partial charge is 0.459 e. The zero-order chi connectivity index (χ0) is 16.2. The van der Waals surface area contributed by atoms with Crippen molar-refractivity contribution in [2.75, 3.05) is 13.7 Å². The molecule has 0 N–H and O–H groups in total. The first kappa shape index (κ1) is 15.7. The molecule has 23 heavy (non-hydrogen) atoms. The summed E-state index contributed by atoms with van der Waals surface area (Å²) in [6.45, 7) is 4.83. The maximum Gasteiger partial charge on any atom is 0.336 e. The number of methoxy groups -OCH3 is 1. The standard InChI is InChI=1S/C19H20O4/c1-3-13-10-22-11-15-8-4-6-14-7-5-9-16(17(14)15)12-23-19(20)18(13)21-2/h3-9,13,18H,1,10-12H2,2H3. The van der Waals surface area contributed by atoms with Gasteiger partial charge in [-0.3, -0.25) is 0 Å².